The van der Waals surface area contributed by atoms with Crippen LogP contribution in [0.15, 0.2) is 34.2 Å². The first-order valence-corrected chi connectivity index (χ1v) is 13.8. The number of aliphatic hydroxyl groups excluding tert-OH is 1. The van der Waals surface area contributed by atoms with Gasteiger partial charge in [0.1, 0.15) is 11.6 Å². The number of nitrogens with two attached hydrogens (primary N) is 1. The summed E-state index contributed by atoms with van der Waals surface area (Å²) in [6.45, 7) is 3.71. The molecule has 1 saturated heterocycles. The number of thioether (sulfide) groups is 1. The van der Waals surface area contributed by atoms with Crippen LogP contribution in [-0.2, 0) is 31.0 Å². The Labute approximate surface area is 212 Å². The molecule has 198 valence electrons. The van der Waals surface area contributed by atoms with Crippen LogP contribution in [0.1, 0.15) is 25.8 Å². The molecule has 0 spiro atoms. The smallest absolute Gasteiger partial charge is 0.350 e. The zero-order valence-electron chi connectivity index (χ0n) is 19.7. The van der Waals surface area contributed by atoms with E-state index in [0.717, 1.165) is 0 Å². The average Bonchev–Trinajstić information content (AvgIpc) is 3.37. The number of primary sulfonamides is 1. The molecule has 2 heterocycles. The predicted octanol–water partition coefficient (Wildman–Crippen LogP) is -0.592. The van der Waals surface area contributed by atoms with Gasteiger partial charge in [-0.05, 0) is 37.0 Å². The lowest BCUT2D eigenvalue weighted by atomic mass is 9.86. The van der Waals surface area contributed by atoms with Gasteiger partial charge in [-0.1, -0.05) is 19.1 Å². The van der Waals surface area contributed by atoms with Gasteiger partial charge in [0.05, 0.1) is 28.3 Å². The molecule has 36 heavy (non-hydrogen) atoms. The molecule has 0 radical (unpaired) electrons. The molecule has 7 N–H and O–H groups in total. The minimum Gasteiger partial charge on any atom is -0.481 e. The van der Waals surface area contributed by atoms with E-state index in [0.29, 0.717) is 18.5 Å². The standard InChI is InChI=1S/C22H30N4O8S2/c1-10-17(16(11(2)27)21(29)30)26-18(22(31)32)19(10)35-13-7-15(24-9-13)20(28)25-8-12-3-5-14(6-4-12)36(23,33)34/h3-6,10-11,13,15-17,19,24,27H,7-9H2,1-2H3,(H,25,28)(H,29,30)(H,31,32)(H2,23,33,34)/t10-,11-,13+,15+,16-,17-,19?/m1/s1. The third kappa shape index (κ3) is 6.42. The van der Waals surface area contributed by atoms with Crippen LogP contribution in [0, 0.1) is 11.8 Å². The highest BCUT2D eigenvalue weighted by molar-refractivity contribution is 8.01. The van der Waals surface area contributed by atoms with Gasteiger partial charge in [0.15, 0.2) is 0 Å². The van der Waals surface area contributed by atoms with E-state index < -0.39 is 57.2 Å². The summed E-state index contributed by atoms with van der Waals surface area (Å²) in [6, 6.07) is 4.46. The van der Waals surface area contributed by atoms with E-state index in [-0.39, 0.29) is 28.3 Å². The Morgan fingerprint density at radius 3 is 2.42 bits per heavy atom. The first-order valence-electron chi connectivity index (χ1n) is 11.3. The lowest BCUT2D eigenvalue weighted by Gasteiger charge is -2.27. The maximum absolute atomic E-state index is 12.6. The Hall–Kier alpha value is -2.52. The lowest BCUT2D eigenvalue weighted by molar-refractivity contribution is -0.146. The van der Waals surface area contributed by atoms with E-state index in [9.17, 15) is 38.1 Å². The van der Waals surface area contributed by atoms with E-state index in [2.05, 4.69) is 15.6 Å². The summed E-state index contributed by atoms with van der Waals surface area (Å²) in [5, 5.41) is 39.4. The van der Waals surface area contributed by atoms with Gasteiger partial charge in [-0.25, -0.2) is 18.4 Å². The van der Waals surface area contributed by atoms with Crippen molar-refractivity contribution in [2.45, 2.75) is 60.4 Å². The first kappa shape index (κ1) is 28.1. The van der Waals surface area contributed by atoms with Crippen LogP contribution in [0.4, 0.5) is 0 Å². The maximum Gasteiger partial charge on any atom is 0.350 e. The van der Waals surface area contributed by atoms with Gasteiger partial charge in [-0.15, -0.1) is 11.8 Å². The summed E-state index contributed by atoms with van der Waals surface area (Å²) in [4.78, 5) is 40.3. The third-order valence-electron chi connectivity index (χ3n) is 6.43. The number of carboxylic acids is 2. The number of aliphatic hydroxyl groups is 1. The van der Waals surface area contributed by atoms with Crippen molar-refractivity contribution >= 4 is 45.3 Å². The van der Waals surface area contributed by atoms with Crippen molar-refractivity contribution in [1.82, 2.24) is 10.6 Å². The number of aliphatic carboxylic acids is 2. The molecule has 3 rings (SSSR count). The van der Waals surface area contributed by atoms with Crippen molar-refractivity contribution in [3.63, 3.8) is 0 Å². The van der Waals surface area contributed by atoms with Gasteiger partial charge >= 0.3 is 11.9 Å². The molecule has 2 aliphatic rings. The Morgan fingerprint density at radius 2 is 1.89 bits per heavy atom. The second kappa shape index (κ2) is 11.3. The molecule has 14 heteroatoms. The van der Waals surface area contributed by atoms with Crippen molar-refractivity contribution in [2.75, 3.05) is 6.54 Å². The normalized spacial score (nSPS) is 27.8. The highest BCUT2D eigenvalue weighted by Crippen LogP contribution is 2.39. The van der Waals surface area contributed by atoms with Crippen molar-refractivity contribution < 1.29 is 38.1 Å². The van der Waals surface area contributed by atoms with Crippen LogP contribution in [-0.4, -0.2) is 82.5 Å². The zero-order valence-corrected chi connectivity index (χ0v) is 21.3. The van der Waals surface area contributed by atoms with Crippen molar-refractivity contribution in [1.29, 1.82) is 0 Å². The molecular formula is C22H30N4O8S2. The molecular weight excluding hydrogens is 512 g/mol. The van der Waals surface area contributed by atoms with E-state index in [4.69, 9.17) is 5.14 Å². The average molecular weight is 543 g/mol. The number of amides is 1. The topological polar surface area (TPSA) is 208 Å². The molecule has 1 amide bonds. The van der Waals surface area contributed by atoms with Crippen molar-refractivity contribution in [3.8, 4) is 0 Å². The van der Waals surface area contributed by atoms with E-state index in [1.54, 1.807) is 19.1 Å². The molecule has 1 aromatic rings. The number of aliphatic imine (C=N–C) groups is 1. The molecule has 0 aliphatic carbocycles. The summed E-state index contributed by atoms with van der Waals surface area (Å²) in [6.07, 6.45) is -0.768. The SMILES string of the molecule is C[C@@H](O)[C@@H](C(=O)O)[C@@H]1N=C(C(=O)O)C(S[C@@H]2CN[C@H](C(=O)NCc3ccc(S(N)(=O)=O)cc3)C2)[C@@H]1C. The summed E-state index contributed by atoms with van der Waals surface area (Å²) in [5.41, 5.74) is 0.569. The molecule has 2 aliphatic heterocycles. The highest BCUT2D eigenvalue weighted by atomic mass is 32.2. The summed E-state index contributed by atoms with van der Waals surface area (Å²) >= 11 is 1.35. The molecule has 1 fully saturated rings. The Kier molecular flexibility index (Phi) is 8.77. The number of nitrogens with zero attached hydrogens (tertiary/aromatic N) is 1. The largest absolute Gasteiger partial charge is 0.481 e. The quantitative estimate of drug-likeness (QED) is 0.221. The number of sulfonamides is 1. The highest BCUT2D eigenvalue weighted by Gasteiger charge is 2.48. The lowest BCUT2D eigenvalue weighted by Crippen LogP contribution is -2.40. The van der Waals surface area contributed by atoms with Crippen molar-refractivity contribution in [2.24, 2.45) is 22.0 Å². The maximum atomic E-state index is 12.6. The fourth-order valence-corrected chi connectivity index (χ4v) is 6.64. The first-order chi connectivity index (χ1) is 16.8. The fourth-order valence-electron chi connectivity index (χ4n) is 4.51. The van der Waals surface area contributed by atoms with Crippen LogP contribution in [0.3, 0.4) is 0 Å². The second-order valence-corrected chi connectivity index (χ2v) is 12.1. The number of carboxylic acid groups (broad SMARTS) is 2. The van der Waals surface area contributed by atoms with E-state index in [1.165, 1.54) is 30.8 Å². The van der Waals surface area contributed by atoms with Crippen LogP contribution in [0.2, 0.25) is 0 Å². The fraction of sp³-hybridized carbons (Fsp3) is 0.545. The van der Waals surface area contributed by atoms with Gasteiger partial charge in [0, 0.05) is 18.3 Å². The predicted molar refractivity (Wildman–Crippen MR) is 132 cm³/mol. The van der Waals surface area contributed by atoms with Crippen molar-refractivity contribution in [3.05, 3.63) is 29.8 Å². The van der Waals surface area contributed by atoms with Gasteiger partial charge in [0.2, 0.25) is 15.9 Å². The Balaban J connectivity index is 1.59. The van der Waals surface area contributed by atoms with Crippen LogP contribution in [0.25, 0.3) is 0 Å². The van der Waals surface area contributed by atoms with Gasteiger partial charge < -0.3 is 26.0 Å². The number of nitrogens with one attached hydrogen (secondary N) is 2. The molecule has 0 bridgehead atoms. The van der Waals surface area contributed by atoms with Gasteiger partial charge in [-0.2, -0.15) is 0 Å². The summed E-state index contributed by atoms with van der Waals surface area (Å²) in [7, 11) is -3.80. The van der Waals surface area contributed by atoms with Crippen LogP contribution < -0.4 is 15.8 Å². The minimum absolute atomic E-state index is 0.0225. The molecule has 7 atom stereocenters. The van der Waals surface area contributed by atoms with Crippen LogP contribution in [0.5, 0.6) is 0 Å². The molecule has 0 aromatic heterocycles. The van der Waals surface area contributed by atoms with Crippen LogP contribution >= 0.6 is 11.8 Å². The second-order valence-electron chi connectivity index (χ2n) is 9.06. The number of rotatable bonds is 10. The molecule has 1 unspecified atom stereocenters. The Morgan fingerprint density at radius 1 is 1.25 bits per heavy atom. The third-order valence-corrected chi connectivity index (χ3v) is 9.05. The van der Waals surface area contributed by atoms with Gasteiger partial charge in [-0.3, -0.25) is 14.6 Å². The molecule has 12 nitrogen and oxygen atoms in total. The monoisotopic (exact) mass is 542 g/mol. The zero-order chi connectivity index (χ0) is 26.8. The number of benzene rings is 1. The minimum atomic E-state index is -3.80. The Bertz CT molecular complexity index is 1140. The number of carbonyl (C=O) groups excluding carboxylic acids is 1. The summed E-state index contributed by atoms with van der Waals surface area (Å²) in [5.74, 6) is -4.38. The molecule has 0 saturated carbocycles. The van der Waals surface area contributed by atoms with E-state index >= 15 is 0 Å². The molecule has 1 aromatic carbocycles. The van der Waals surface area contributed by atoms with Gasteiger partial charge in [0.25, 0.3) is 0 Å². The number of carbonyl (C=O) groups is 3. The number of hydrogen-bond donors (Lipinski definition) is 6. The summed E-state index contributed by atoms with van der Waals surface area (Å²) < 4.78 is 22.7. The number of hydrogen-bond acceptors (Lipinski definition) is 9. The van der Waals surface area contributed by atoms with E-state index in [1.807, 2.05) is 0 Å².